The maximum atomic E-state index is 13.4. The second kappa shape index (κ2) is 5.94. The van der Waals surface area contributed by atoms with E-state index < -0.39 is 10.8 Å². The van der Waals surface area contributed by atoms with E-state index in [1.807, 2.05) is 30.3 Å². The highest BCUT2D eigenvalue weighted by Crippen LogP contribution is 2.47. The van der Waals surface area contributed by atoms with Gasteiger partial charge in [-0.15, -0.1) is 0 Å². The molecule has 116 valence electrons. The molecule has 1 fully saturated rings. The minimum absolute atomic E-state index is 0.103. The summed E-state index contributed by atoms with van der Waals surface area (Å²) in [5, 5.41) is 3.63. The highest BCUT2D eigenvalue weighted by atomic mass is 32.2. The molecule has 0 unspecified atom stereocenters. The van der Waals surface area contributed by atoms with Crippen molar-refractivity contribution in [3.8, 4) is 0 Å². The lowest BCUT2D eigenvalue weighted by molar-refractivity contribution is 0.448. The Morgan fingerprint density at radius 1 is 1.18 bits per heavy atom. The van der Waals surface area contributed by atoms with Crippen LogP contribution >= 0.6 is 0 Å². The van der Waals surface area contributed by atoms with Crippen molar-refractivity contribution in [2.45, 2.75) is 36.2 Å². The van der Waals surface area contributed by atoms with E-state index in [2.05, 4.69) is 12.2 Å². The van der Waals surface area contributed by atoms with Gasteiger partial charge in [-0.25, -0.2) is 4.39 Å². The van der Waals surface area contributed by atoms with E-state index in [9.17, 15) is 8.60 Å². The van der Waals surface area contributed by atoms with Crippen molar-refractivity contribution in [2.75, 3.05) is 6.26 Å². The Morgan fingerprint density at radius 2 is 1.86 bits per heavy atom. The van der Waals surface area contributed by atoms with E-state index >= 15 is 0 Å². The summed E-state index contributed by atoms with van der Waals surface area (Å²) in [6.45, 7) is 2.11. The molecule has 0 aromatic heterocycles. The number of nitrogens with one attached hydrogen (secondary N) is 1. The molecule has 2 aromatic carbocycles. The minimum Gasteiger partial charge on any atom is -0.301 e. The summed E-state index contributed by atoms with van der Waals surface area (Å²) in [5.41, 5.74) is 2.07. The first kappa shape index (κ1) is 15.4. The zero-order valence-electron chi connectivity index (χ0n) is 12.8. The highest BCUT2D eigenvalue weighted by Gasteiger charge is 2.45. The van der Waals surface area contributed by atoms with E-state index in [0.717, 1.165) is 28.9 Å². The van der Waals surface area contributed by atoms with E-state index in [4.69, 9.17) is 0 Å². The van der Waals surface area contributed by atoms with Crippen LogP contribution in [0.4, 0.5) is 4.39 Å². The first-order valence-electron chi connectivity index (χ1n) is 7.47. The molecule has 1 saturated carbocycles. The van der Waals surface area contributed by atoms with Crippen LogP contribution in [0.15, 0.2) is 53.4 Å². The van der Waals surface area contributed by atoms with Crippen LogP contribution in [0.3, 0.4) is 0 Å². The van der Waals surface area contributed by atoms with E-state index in [1.165, 1.54) is 6.07 Å². The van der Waals surface area contributed by atoms with Crippen LogP contribution in [0.1, 0.15) is 36.9 Å². The third kappa shape index (κ3) is 3.13. The lowest BCUT2D eigenvalue weighted by Gasteiger charge is -2.24. The summed E-state index contributed by atoms with van der Waals surface area (Å²) in [6, 6.07) is 14.8. The molecule has 1 aliphatic carbocycles. The zero-order chi connectivity index (χ0) is 15.7. The van der Waals surface area contributed by atoms with Crippen molar-refractivity contribution < 1.29 is 8.60 Å². The number of hydrogen-bond acceptors (Lipinski definition) is 2. The molecule has 22 heavy (non-hydrogen) atoms. The van der Waals surface area contributed by atoms with Gasteiger partial charge in [0.15, 0.2) is 0 Å². The molecule has 0 spiro atoms. The van der Waals surface area contributed by atoms with Gasteiger partial charge in [-0.2, -0.15) is 0 Å². The van der Waals surface area contributed by atoms with Crippen molar-refractivity contribution >= 4 is 10.8 Å². The van der Waals surface area contributed by atoms with Crippen molar-refractivity contribution in [3.63, 3.8) is 0 Å². The number of halogens is 1. The van der Waals surface area contributed by atoms with Crippen LogP contribution in [-0.2, 0) is 16.3 Å². The zero-order valence-corrected chi connectivity index (χ0v) is 13.6. The highest BCUT2D eigenvalue weighted by molar-refractivity contribution is 7.84. The van der Waals surface area contributed by atoms with Gasteiger partial charge in [-0.05, 0) is 55.2 Å². The van der Waals surface area contributed by atoms with Gasteiger partial charge in [-0.3, -0.25) is 4.21 Å². The average molecular weight is 317 g/mol. The van der Waals surface area contributed by atoms with E-state index in [0.29, 0.717) is 0 Å². The average Bonchev–Trinajstić information content (AvgIpc) is 3.28. The quantitative estimate of drug-likeness (QED) is 0.906. The Labute approximate surface area is 133 Å². The number of benzene rings is 2. The molecule has 0 radical (unpaired) electrons. The molecule has 2 nitrogen and oxygen atoms in total. The van der Waals surface area contributed by atoms with Crippen LogP contribution in [0, 0.1) is 5.82 Å². The predicted octanol–water partition coefficient (Wildman–Crippen LogP) is 3.90. The standard InChI is InChI=1S/C18H20FNOS/c1-13(14-6-8-17(9-7-14)22(2)21)20-18(10-11-18)15-4-3-5-16(19)12-15/h3-9,12-13,20H,10-11H2,1-2H3/t13-,22+/m1/s1. The fraction of sp³-hybridized carbons (Fsp3) is 0.333. The van der Waals surface area contributed by atoms with Crippen molar-refractivity contribution in [1.29, 1.82) is 0 Å². The second-order valence-corrected chi connectivity index (χ2v) is 7.36. The molecule has 3 rings (SSSR count). The number of hydrogen-bond donors (Lipinski definition) is 1. The Balaban J connectivity index is 1.76. The van der Waals surface area contributed by atoms with Crippen LogP contribution < -0.4 is 5.32 Å². The Kier molecular flexibility index (Phi) is 4.15. The SMILES string of the molecule is C[C@@H](NC1(c2cccc(F)c2)CC1)c1ccc([S@](C)=O)cc1. The first-order chi connectivity index (χ1) is 10.5. The molecule has 2 aromatic rings. The smallest absolute Gasteiger partial charge is 0.123 e. The largest absolute Gasteiger partial charge is 0.301 e. The Hall–Kier alpha value is -1.52. The van der Waals surface area contributed by atoms with Gasteiger partial charge < -0.3 is 5.32 Å². The van der Waals surface area contributed by atoms with Gasteiger partial charge in [0.1, 0.15) is 5.82 Å². The van der Waals surface area contributed by atoms with Gasteiger partial charge >= 0.3 is 0 Å². The normalized spacial score (nSPS) is 18.7. The van der Waals surface area contributed by atoms with Crippen LogP contribution in [0.5, 0.6) is 0 Å². The van der Waals surface area contributed by atoms with Gasteiger partial charge in [0.05, 0.1) is 0 Å². The molecule has 4 heteroatoms. The predicted molar refractivity (Wildman–Crippen MR) is 87.6 cm³/mol. The summed E-state index contributed by atoms with van der Waals surface area (Å²) < 4.78 is 24.9. The molecule has 0 aliphatic heterocycles. The van der Waals surface area contributed by atoms with Crippen molar-refractivity contribution in [2.24, 2.45) is 0 Å². The summed E-state index contributed by atoms with van der Waals surface area (Å²) >= 11 is 0. The van der Waals surface area contributed by atoms with Gasteiger partial charge in [-0.1, -0.05) is 24.3 Å². The molecule has 0 amide bonds. The molecule has 0 heterocycles. The maximum Gasteiger partial charge on any atom is 0.123 e. The molecular weight excluding hydrogens is 297 g/mol. The fourth-order valence-corrected chi connectivity index (χ4v) is 3.39. The van der Waals surface area contributed by atoms with E-state index in [1.54, 1.807) is 18.4 Å². The van der Waals surface area contributed by atoms with Gasteiger partial charge in [0, 0.05) is 33.5 Å². The monoisotopic (exact) mass is 317 g/mol. The Bertz CT molecular complexity index is 694. The molecule has 0 saturated heterocycles. The Morgan fingerprint density at radius 3 is 2.41 bits per heavy atom. The molecule has 2 atom stereocenters. The van der Waals surface area contributed by atoms with Crippen LogP contribution in [0.25, 0.3) is 0 Å². The van der Waals surface area contributed by atoms with E-state index in [-0.39, 0.29) is 17.4 Å². The molecular formula is C18H20FNOS. The number of rotatable bonds is 5. The fourth-order valence-electron chi connectivity index (χ4n) is 2.87. The summed E-state index contributed by atoms with van der Waals surface area (Å²) in [5.74, 6) is -0.187. The summed E-state index contributed by atoms with van der Waals surface area (Å²) in [7, 11) is -0.952. The van der Waals surface area contributed by atoms with Crippen molar-refractivity contribution in [3.05, 3.63) is 65.5 Å². The molecule has 1 N–H and O–H groups in total. The summed E-state index contributed by atoms with van der Waals surface area (Å²) in [4.78, 5) is 0.835. The lowest BCUT2D eigenvalue weighted by atomic mass is 10.0. The molecule has 1 aliphatic rings. The third-order valence-electron chi connectivity index (χ3n) is 4.33. The molecule has 0 bridgehead atoms. The van der Waals surface area contributed by atoms with Crippen LogP contribution in [-0.4, -0.2) is 10.5 Å². The maximum absolute atomic E-state index is 13.4. The summed E-state index contributed by atoms with van der Waals surface area (Å²) in [6.07, 6.45) is 3.73. The van der Waals surface area contributed by atoms with Crippen molar-refractivity contribution in [1.82, 2.24) is 5.32 Å². The third-order valence-corrected chi connectivity index (χ3v) is 5.27. The second-order valence-electron chi connectivity index (χ2n) is 5.98. The lowest BCUT2D eigenvalue weighted by Crippen LogP contribution is -2.31. The first-order valence-corrected chi connectivity index (χ1v) is 9.03. The minimum atomic E-state index is -0.952. The topological polar surface area (TPSA) is 29.1 Å². The van der Waals surface area contributed by atoms with Gasteiger partial charge in [0.25, 0.3) is 0 Å². The van der Waals surface area contributed by atoms with Gasteiger partial charge in [0.2, 0.25) is 0 Å². The van der Waals surface area contributed by atoms with Crippen LogP contribution in [0.2, 0.25) is 0 Å².